The smallest absolute Gasteiger partial charge is 1.00 e. The van der Waals surface area contributed by atoms with Gasteiger partial charge in [0.05, 0.1) is 86.7 Å². The molecule has 454 valence electrons. The van der Waals surface area contributed by atoms with Crippen molar-refractivity contribution in [3.63, 3.8) is 0 Å². The number of nitrogens with one attached hydrogen (secondary N) is 3. The first-order chi connectivity index (χ1) is 39.1. The monoisotopic (exact) mass is 1380 g/mol. The number of carbonyl (C=O) groups excluding carboxylic acids is 2. The molecule has 6 heterocycles. The number of esters is 2. The second-order valence-electron chi connectivity index (χ2n) is 18.4. The maximum atomic E-state index is 15.6. The Morgan fingerprint density at radius 2 is 1.02 bits per heavy atom. The van der Waals surface area contributed by atoms with Crippen LogP contribution >= 0.6 is 34.8 Å². The third-order valence-corrected chi connectivity index (χ3v) is 13.8. The molecule has 0 radical (unpaired) electrons. The Morgan fingerprint density at radius 3 is 1.45 bits per heavy atom. The third-order valence-electron chi connectivity index (χ3n) is 12.9. The molecule has 2 atom stereocenters. The van der Waals surface area contributed by atoms with Crippen LogP contribution in [0.15, 0.2) is 93.2 Å². The van der Waals surface area contributed by atoms with Gasteiger partial charge in [0.25, 0.3) is 0 Å². The van der Waals surface area contributed by atoms with Gasteiger partial charge in [-0.05, 0) is 57.0 Å². The summed E-state index contributed by atoms with van der Waals surface area (Å²) in [6, 6.07) is 8.01. The van der Waals surface area contributed by atoms with Crippen LogP contribution in [0.25, 0.3) is 0 Å². The standard InChI is InChI=1S/C28H30ClF3N4O4.C20H14Cl2F4N2O2.C4H9NO.C4H8O.CH4.HI.K/c1-2-40-28(37)25-22(16-35-5-9-38-10-6-35)33-27(34-26(25)19-4-3-17(30)13-20(19)29)24-21(32)14-18(31)15-23(24)36-7-11-39-12-8-36;1-2-30-20(29)17-15(8-21)27-19(16-13(25)6-10(24)7-14(16)26)28-18(17)11-4-3-9(23)5-12(11)22;1-3-6-4-2-5-1;1-2-4-5-3-1;;;/h3-4,13-15,26H,2,5-12,16H2,1H3,(H,33,34);3-7,18H,2,8H2,1H3,(H,27,28);5H,1-4H2;1-4H2;1H4;1H;/q;;;;;;+1/p-1. The van der Waals surface area contributed by atoms with Crippen LogP contribution in [0.5, 0.6) is 0 Å². The van der Waals surface area contributed by atoms with Crippen LogP contribution in [0.4, 0.5) is 36.4 Å². The van der Waals surface area contributed by atoms with E-state index >= 15 is 4.39 Å². The number of nitrogens with zero attached hydrogens (tertiary/aromatic N) is 4. The summed E-state index contributed by atoms with van der Waals surface area (Å²) in [5.74, 6) is -8.18. The minimum Gasteiger partial charge on any atom is -1.00 e. The number of benzene rings is 4. The van der Waals surface area contributed by atoms with E-state index in [1.54, 1.807) is 13.8 Å². The number of alkyl halides is 1. The molecule has 6 aliphatic rings. The Kier molecular flexibility index (Phi) is 32.0. The molecule has 0 aliphatic carbocycles. The summed E-state index contributed by atoms with van der Waals surface area (Å²) >= 11 is 18.6. The number of allylic oxidation sites excluding steroid dienone is 1. The summed E-state index contributed by atoms with van der Waals surface area (Å²) < 4.78 is 131. The van der Waals surface area contributed by atoms with E-state index in [1.165, 1.54) is 37.1 Å². The number of morpholine rings is 3. The molecule has 84 heavy (non-hydrogen) atoms. The topological polar surface area (TPSA) is 157 Å². The number of rotatable bonds is 12. The molecule has 0 bridgehead atoms. The van der Waals surface area contributed by atoms with E-state index in [2.05, 4.69) is 25.8 Å². The number of carbonyl (C=O) groups is 2. The Labute approximate surface area is 558 Å². The number of halogens is 11. The molecule has 0 amide bonds. The van der Waals surface area contributed by atoms with Crippen molar-refractivity contribution >= 4 is 64.1 Å². The van der Waals surface area contributed by atoms with E-state index in [9.17, 15) is 35.9 Å². The Bertz CT molecular complexity index is 2950. The van der Waals surface area contributed by atoms with Crippen molar-refractivity contribution in [2.24, 2.45) is 9.98 Å². The van der Waals surface area contributed by atoms with E-state index in [1.807, 2.05) is 4.90 Å². The minimum absolute atomic E-state index is 0. The number of hydrogen-bond acceptors (Lipinski definition) is 15. The average Bonchev–Trinajstić information content (AvgIpc) is 1.60. The van der Waals surface area contributed by atoms with Gasteiger partial charge in [-0.15, -0.1) is 11.6 Å². The van der Waals surface area contributed by atoms with E-state index in [0.29, 0.717) is 81.7 Å². The summed E-state index contributed by atoms with van der Waals surface area (Å²) in [4.78, 5) is 38.9. The van der Waals surface area contributed by atoms with E-state index in [-0.39, 0.29) is 158 Å². The molecule has 0 spiro atoms. The molecular formula is C57H65Cl3F7IKN7O8. The molecule has 15 nitrogen and oxygen atoms in total. The predicted octanol–water partition coefficient (Wildman–Crippen LogP) is 3.93. The third kappa shape index (κ3) is 20.0. The summed E-state index contributed by atoms with van der Waals surface area (Å²) in [6.07, 6.45) is 2.56. The number of ether oxygens (including phenoxy) is 6. The van der Waals surface area contributed by atoms with Crippen LogP contribution in [0.2, 0.25) is 10.0 Å². The van der Waals surface area contributed by atoms with Gasteiger partial charge in [0.15, 0.2) is 0 Å². The van der Waals surface area contributed by atoms with Crippen LogP contribution in [0.1, 0.15) is 68.5 Å². The maximum absolute atomic E-state index is 15.6. The van der Waals surface area contributed by atoms with Crippen LogP contribution < -0.4 is 96.2 Å². The molecular weight excluding hydrogens is 1320 g/mol. The van der Waals surface area contributed by atoms with Gasteiger partial charge in [-0.1, -0.05) is 42.8 Å². The van der Waals surface area contributed by atoms with Crippen LogP contribution in [-0.4, -0.2) is 146 Å². The second-order valence-corrected chi connectivity index (χ2v) is 19.5. The summed E-state index contributed by atoms with van der Waals surface area (Å²) in [6.45, 7) is 13.5. The molecule has 0 saturated carbocycles. The van der Waals surface area contributed by atoms with Crippen molar-refractivity contribution in [2.75, 3.05) is 123 Å². The van der Waals surface area contributed by atoms with Gasteiger partial charge in [-0.2, -0.15) is 0 Å². The van der Waals surface area contributed by atoms with Crippen molar-refractivity contribution in [1.82, 2.24) is 20.9 Å². The van der Waals surface area contributed by atoms with Crippen molar-refractivity contribution in [1.29, 1.82) is 0 Å². The van der Waals surface area contributed by atoms with Crippen molar-refractivity contribution < 1.29 is 144 Å². The number of amidine groups is 2. The molecule has 4 fully saturated rings. The average molecular weight is 1380 g/mol. The predicted molar refractivity (Wildman–Crippen MR) is 299 cm³/mol. The zero-order valence-electron chi connectivity index (χ0n) is 45.8. The first-order valence-electron chi connectivity index (χ1n) is 26.2. The Hall–Kier alpha value is -3.45. The molecule has 0 aromatic heterocycles. The normalized spacial score (nSPS) is 18.6. The van der Waals surface area contributed by atoms with E-state index in [4.69, 9.17) is 68.2 Å². The zero-order chi connectivity index (χ0) is 58.0. The largest absolute Gasteiger partial charge is 1.00 e. The van der Waals surface area contributed by atoms with Gasteiger partial charge in [0.2, 0.25) is 0 Å². The number of anilines is 1. The second kappa shape index (κ2) is 36.8. The van der Waals surface area contributed by atoms with Crippen molar-refractivity contribution in [3.8, 4) is 0 Å². The van der Waals surface area contributed by atoms with Gasteiger partial charge in [0, 0.05) is 110 Å². The SMILES string of the molecule is C.C1CCOC1.C1COCCN1.CCOC(=O)C1=C(CCl)NC(c2c(F)cc(F)cc2F)=NC1c1ccc(F)cc1Cl.CCOC(=O)C1=C(CN2CCOCC2)NC(c2c(F)cc(F)cc2N2CCOCC2)=NC1c1ccc(F)cc1Cl.[I-].[K+]. The molecule has 4 aromatic carbocycles. The van der Waals surface area contributed by atoms with Crippen LogP contribution in [-0.2, 0) is 38.0 Å². The van der Waals surface area contributed by atoms with Crippen LogP contribution in [0.3, 0.4) is 0 Å². The molecule has 4 aromatic rings. The fourth-order valence-electron chi connectivity index (χ4n) is 9.10. The molecule has 6 aliphatic heterocycles. The fraction of sp³-hybridized carbons (Fsp3) is 0.439. The quantitative estimate of drug-likeness (QED) is 0.0618. The van der Waals surface area contributed by atoms with E-state index < -0.39 is 70.3 Å². The number of hydrogen-bond donors (Lipinski definition) is 3. The van der Waals surface area contributed by atoms with Gasteiger partial charge in [-0.3, -0.25) is 14.9 Å². The molecule has 3 N–H and O–H groups in total. The number of aliphatic imine (C=N–C) groups is 2. The van der Waals surface area contributed by atoms with Gasteiger partial charge < -0.3 is 73.2 Å². The van der Waals surface area contributed by atoms with Crippen molar-refractivity contribution in [2.45, 2.75) is 46.2 Å². The zero-order valence-corrected chi connectivity index (χ0v) is 53.3. The maximum Gasteiger partial charge on any atom is 1.00 e. The fourth-order valence-corrected chi connectivity index (χ4v) is 9.85. The van der Waals surface area contributed by atoms with Crippen molar-refractivity contribution in [3.05, 3.63) is 156 Å². The van der Waals surface area contributed by atoms with Gasteiger partial charge >= 0.3 is 63.3 Å². The molecule has 10 rings (SSSR count). The van der Waals surface area contributed by atoms with Crippen LogP contribution in [0, 0.1) is 40.7 Å². The first kappa shape index (κ1) is 73.0. The Morgan fingerprint density at radius 1 is 0.595 bits per heavy atom. The minimum atomic E-state index is -1.21. The molecule has 4 saturated heterocycles. The van der Waals surface area contributed by atoms with Gasteiger partial charge in [-0.25, -0.2) is 40.3 Å². The Balaban J connectivity index is 0.000000302. The summed E-state index contributed by atoms with van der Waals surface area (Å²) in [7, 11) is 0. The molecule has 2 unspecified atom stereocenters. The van der Waals surface area contributed by atoms with E-state index in [0.717, 1.165) is 63.8 Å². The first-order valence-corrected chi connectivity index (χ1v) is 27.5. The summed E-state index contributed by atoms with van der Waals surface area (Å²) in [5, 5.41) is 8.95. The molecule has 27 heteroatoms. The summed E-state index contributed by atoms with van der Waals surface area (Å²) in [5.41, 5.74) is 0.875. The van der Waals surface area contributed by atoms with Gasteiger partial charge in [0.1, 0.15) is 64.5 Å².